The van der Waals surface area contributed by atoms with Gasteiger partial charge >= 0.3 is 0 Å². The summed E-state index contributed by atoms with van der Waals surface area (Å²) >= 11 is 0. The molecule has 10 rings (SSSR count). The minimum atomic E-state index is -0.349. The Balaban J connectivity index is 1.25. The molecule has 3 nitrogen and oxygen atoms in total. The lowest BCUT2D eigenvalue weighted by Crippen LogP contribution is -2.34. The third-order valence-corrected chi connectivity index (χ3v) is 10.6. The minimum Gasteiger partial charge on any atom is -0.453 e. The highest BCUT2D eigenvalue weighted by atomic mass is 16.5. The van der Waals surface area contributed by atoms with E-state index in [1.807, 2.05) is 0 Å². The molecule has 0 spiro atoms. The van der Waals surface area contributed by atoms with E-state index in [4.69, 9.17) is 4.74 Å². The van der Waals surface area contributed by atoms with E-state index in [1.54, 1.807) is 0 Å². The molecule has 0 aromatic heterocycles. The van der Waals surface area contributed by atoms with Gasteiger partial charge < -0.3 is 14.5 Å². The molecule has 0 saturated carbocycles. The summed E-state index contributed by atoms with van der Waals surface area (Å²) in [5.41, 5.74) is 11.3. The largest absolute Gasteiger partial charge is 0.453 e. The van der Waals surface area contributed by atoms with E-state index >= 15 is 0 Å². The molecule has 2 heterocycles. The molecule has 0 atom stereocenters. The molecule has 0 saturated heterocycles. The van der Waals surface area contributed by atoms with Gasteiger partial charge in [-0.1, -0.05) is 135 Å². The third-order valence-electron chi connectivity index (χ3n) is 10.6. The van der Waals surface area contributed by atoms with Crippen LogP contribution in [-0.2, 0) is 5.41 Å². The Hall–Kier alpha value is -6.32. The number of anilines is 6. The first-order valence-electron chi connectivity index (χ1n) is 17.3. The topological polar surface area (TPSA) is 15.7 Å². The third kappa shape index (κ3) is 4.23. The monoisotopic (exact) mass is 642 g/mol. The summed E-state index contributed by atoms with van der Waals surface area (Å²) < 4.78 is 6.69. The molecular weight excluding hydrogens is 609 g/mol. The highest BCUT2D eigenvalue weighted by Gasteiger charge is 2.44. The summed E-state index contributed by atoms with van der Waals surface area (Å²) in [5, 5.41) is 4.80. The number of ether oxygens (including phenoxy) is 1. The molecular formula is C47H34N2O. The number of hydrogen-bond donors (Lipinski definition) is 0. The molecule has 0 fully saturated rings. The van der Waals surface area contributed by atoms with Crippen LogP contribution < -0.4 is 14.5 Å². The van der Waals surface area contributed by atoms with Crippen molar-refractivity contribution in [2.75, 3.05) is 9.80 Å². The van der Waals surface area contributed by atoms with Crippen molar-refractivity contribution < 1.29 is 4.74 Å². The molecule has 0 unspecified atom stereocenters. The molecule has 0 N–H and O–H groups in total. The van der Waals surface area contributed by atoms with E-state index in [0.29, 0.717) is 0 Å². The van der Waals surface area contributed by atoms with E-state index in [9.17, 15) is 0 Å². The van der Waals surface area contributed by atoms with Gasteiger partial charge in [0.25, 0.3) is 0 Å². The lowest BCUT2D eigenvalue weighted by atomic mass is 9.72. The number of rotatable bonds is 4. The van der Waals surface area contributed by atoms with Crippen LogP contribution in [0.3, 0.4) is 0 Å². The van der Waals surface area contributed by atoms with E-state index < -0.39 is 0 Å². The zero-order valence-corrected chi connectivity index (χ0v) is 28.0. The van der Waals surface area contributed by atoms with Crippen molar-refractivity contribution in [3.63, 3.8) is 0 Å². The van der Waals surface area contributed by atoms with Gasteiger partial charge in [0, 0.05) is 27.7 Å². The van der Waals surface area contributed by atoms with Gasteiger partial charge in [-0.3, -0.25) is 0 Å². The van der Waals surface area contributed by atoms with Gasteiger partial charge in [0.15, 0.2) is 11.5 Å². The van der Waals surface area contributed by atoms with Crippen LogP contribution in [-0.4, -0.2) is 0 Å². The average Bonchev–Trinajstić information content (AvgIpc) is 3.17. The van der Waals surface area contributed by atoms with Crippen LogP contribution in [0.1, 0.15) is 25.0 Å². The van der Waals surface area contributed by atoms with Crippen molar-refractivity contribution in [2.24, 2.45) is 0 Å². The maximum atomic E-state index is 6.69. The Morgan fingerprint density at radius 1 is 0.500 bits per heavy atom. The number of para-hydroxylation sites is 1. The molecule has 2 aliphatic heterocycles. The first kappa shape index (κ1) is 28.7. The van der Waals surface area contributed by atoms with Crippen LogP contribution >= 0.6 is 0 Å². The maximum absolute atomic E-state index is 6.69. The predicted octanol–water partition coefficient (Wildman–Crippen LogP) is 13.3. The fourth-order valence-corrected chi connectivity index (χ4v) is 8.21. The second-order valence-corrected chi connectivity index (χ2v) is 13.8. The fourth-order valence-electron chi connectivity index (χ4n) is 8.21. The average molecular weight is 643 g/mol. The van der Waals surface area contributed by atoms with Crippen LogP contribution in [0.15, 0.2) is 170 Å². The van der Waals surface area contributed by atoms with Crippen LogP contribution in [0, 0.1) is 0 Å². The summed E-state index contributed by atoms with van der Waals surface area (Å²) in [6.45, 7) is 4.72. The number of benzene rings is 8. The molecule has 0 bridgehead atoms. The first-order chi connectivity index (χ1) is 24.6. The maximum Gasteiger partial charge on any atom is 0.152 e. The zero-order valence-electron chi connectivity index (χ0n) is 28.0. The van der Waals surface area contributed by atoms with E-state index in [-0.39, 0.29) is 5.41 Å². The van der Waals surface area contributed by atoms with Crippen molar-refractivity contribution in [3.8, 4) is 22.6 Å². The lowest BCUT2D eigenvalue weighted by molar-refractivity contribution is 0.472. The molecule has 238 valence electrons. The second kappa shape index (κ2) is 10.8. The molecule has 0 aliphatic carbocycles. The van der Waals surface area contributed by atoms with Gasteiger partial charge in [-0.15, -0.1) is 0 Å². The number of nitrogens with zero attached hydrogens (tertiary/aromatic N) is 2. The van der Waals surface area contributed by atoms with Crippen molar-refractivity contribution >= 4 is 55.7 Å². The Kier molecular flexibility index (Phi) is 6.22. The standard InChI is InChI=1S/C47H34N2O/c1-47(2)39-18-10-21-42-46(39)49(45-38-17-9-8-15-34(38)25-29-43(45)50-42)41-20-11-19-40(44(41)47)48(37-28-24-32-14-6-7-16-35(32)30-37)36-26-22-33(23-27-36)31-12-4-3-5-13-31/h3-30H,1-2H3. The van der Waals surface area contributed by atoms with Crippen molar-refractivity contribution in [3.05, 3.63) is 181 Å². The number of fused-ring (bicyclic) bond motifs is 7. The molecule has 2 aliphatic rings. The molecule has 0 amide bonds. The fraction of sp³-hybridized carbons (Fsp3) is 0.0638. The van der Waals surface area contributed by atoms with Crippen LogP contribution in [0.5, 0.6) is 11.5 Å². The second-order valence-electron chi connectivity index (χ2n) is 13.8. The molecule has 3 heteroatoms. The normalized spacial score (nSPS) is 13.7. The summed E-state index contributed by atoms with van der Waals surface area (Å²) in [4.78, 5) is 4.91. The van der Waals surface area contributed by atoms with Crippen LogP contribution in [0.25, 0.3) is 32.7 Å². The molecule has 0 radical (unpaired) electrons. The highest BCUT2D eigenvalue weighted by molar-refractivity contribution is 6.07. The van der Waals surface area contributed by atoms with Gasteiger partial charge in [0.1, 0.15) is 0 Å². The quantitative estimate of drug-likeness (QED) is 0.190. The van der Waals surface area contributed by atoms with Gasteiger partial charge in [-0.25, -0.2) is 0 Å². The van der Waals surface area contributed by atoms with Gasteiger partial charge in [-0.2, -0.15) is 0 Å². The van der Waals surface area contributed by atoms with Crippen LogP contribution in [0.2, 0.25) is 0 Å². The van der Waals surface area contributed by atoms with Gasteiger partial charge in [0.2, 0.25) is 0 Å². The van der Waals surface area contributed by atoms with E-state index in [1.165, 1.54) is 49.5 Å². The summed E-state index contributed by atoms with van der Waals surface area (Å²) in [7, 11) is 0. The first-order valence-corrected chi connectivity index (χ1v) is 17.3. The predicted molar refractivity (Wildman–Crippen MR) is 208 cm³/mol. The highest BCUT2D eigenvalue weighted by Crippen LogP contribution is 2.63. The molecule has 50 heavy (non-hydrogen) atoms. The number of hydrogen-bond acceptors (Lipinski definition) is 3. The van der Waals surface area contributed by atoms with Crippen LogP contribution in [0.4, 0.5) is 34.1 Å². The minimum absolute atomic E-state index is 0.349. The Bertz CT molecular complexity index is 2610. The smallest absolute Gasteiger partial charge is 0.152 e. The molecule has 8 aromatic rings. The zero-order chi connectivity index (χ0) is 33.4. The van der Waals surface area contributed by atoms with Crippen molar-refractivity contribution in [1.82, 2.24) is 0 Å². The Morgan fingerprint density at radius 2 is 1.16 bits per heavy atom. The summed E-state index contributed by atoms with van der Waals surface area (Å²) in [5.74, 6) is 1.75. The van der Waals surface area contributed by atoms with Gasteiger partial charge in [0.05, 0.1) is 22.7 Å². The van der Waals surface area contributed by atoms with E-state index in [0.717, 1.165) is 39.9 Å². The lowest BCUT2D eigenvalue weighted by Gasteiger charge is -2.46. The van der Waals surface area contributed by atoms with E-state index in [2.05, 4.69) is 194 Å². The summed E-state index contributed by atoms with van der Waals surface area (Å²) in [6, 6.07) is 61.2. The molecule has 8 aromatic carbocycles. The van der Waals surface area contributed by atoms with Crippen molar-refractivity contribution in [2.45, 2.75) is 19.3 Å². The SMILES string of the molecule is CC1(C)c2cccc3c2N(c2cccc(N(c4ccc(-c5ccccc5)cc4)c4ccc5ccccc5c4)c21)c1c(ccc2ccccc12)O3. The van der Waals surface area contributed by atoms with Crippen molar-refractivity contribution in [1.29, 1.82) is 0 Å². The Labute approximate surface area is 292 Å². The summed E-state index contributed by atoms with van der Waals surface area (Å²) in [6.07, 6.45) is 0. The Morgan fingerprint density at radius 3 is 2.00 bits per heavy atom. The van der Waals surface area contributed by atoms with Gasteiger partial charge in [-0.05, 0) is 81.4 Å².